The lowest BCUT2D eigenvalue weighted by Gasteiger charge is -2.12. The Balaban J connectivity index is 1.78. The van der Waals surface area contributed by atoms with Crippen LogP contribution in [0.1, 0.15) is 50.9 Å². The number of carbonyl (C=O) groups is 3. The molecule has 6 nitrogen and oxygen atoms in total. The number of esters is 1. The van der Waals surface area contributed by atoms with E-state index in [1.807, 2.05) is 0 Å². The summed E-state index contributed by atoms with van der Waals surface area (Å²) in [6.45, 7) is 1.91. The number of nitrogens with one attached hydrogen (secondary N) is 2. The second kappa shape index (κ2) is 8.86. The van der Waals surface area contributed by atoms with Crippen LogP contribution in [-0.4, -0.2) is 30.6 Å². The number of aryl methyl sites for hydroxylation is 1. The number of carbonyl (C=O) groups excluding carboxylic acids is 3. The number of hydrogen-bond acceptors (Lipinski definition) is 5. The molecule has 0 unspecified atom stereocenters. The highest BCUT2D eigenvalue weighted by Crippen LogP contribution is 2.38. The lowest BCUT2D eigenvalue weighted by Crippen LogP contribution is -2.29. The molecule has 0 saturated carbocycles. The minimum atomic E-state index is -5.00. The molecule has 30 heavy (non-hydrogen) atoms. The molecule has 0 atom stereocenters. The molecule has 10 heteroatoms. The van der Waals surface area contributed by atoms with Gasteiger partial charge in [0.2, 0.25) is 0 Å². The number of halogens is 3. The fourth-order valence-electron chi connectivity index (χ4n) is 3.16. The van der Waals surface area contributed by atoms with Crippen LogP contribution in [0, 0.1) is 0 Å². The van der Waals surface area contributed by atoms with Gasteiger partial charge in [0.05, 0.1) is 12.2 Å². The van der Waals surface area contributed by atoms with Gasteiger partial charge in [0.15, 0.2) is 0 Å². The largest absolute Gasteiger partial charge is 0.471 e. The molecule has 1 aliphatic rings. The maximum Gasteiger partial charge on any atom is 0.471 e. The van der Waals surface area contributed by atoms with Crippen molar-refractivity contribution in [2.45, 2.75) is 38.8 Å². The molecule has 1 aromatic carbocycles. The van der Waals surface area contributed by atoms with Crippen LogP contribution in [0.4, 0.5) is 23.9 Å². The Hall–Kier alpha value is -2.88. The highest BCUT2D eigenvalue weighted by Gasteiger charge is 2.38. The van der Waals surface area contributed by atoms with Gasteiger partial charge in [-0.3, -0.25) is 9.59 Å². The molecule has 0 spiro atoms. The second-order valence-corrected chi connectivity index (χ2v) is 7.72. The van der Waals surface area contributed by atoms with Crippen LogP contribution in [0.3, 0.4) is 0 Å². The molecule has 1 aromatic heterocycles. The third-order valence-corrected chi connectivity index (χ3v) is 5.75. The standard InChI is InChI=1S/C20H19F3N2O4S/c1-2-29-18(27)15-13-5-3-4-6-14(13)30-17(15)25-16(26)11-7-9-12(10-8-11)24-19(28)20(21,22)23/h7-10H,2-6H2,1H3,(H,24,28)(H,25,26). The number of rotatable bonds is 5. The molecular weight excluding hydrogens is 421 g/mol. The molecule has 160 valence electrons. The summed E-state index contributed by atoms with van der Waals surface area (Å²) in [5.74, 6) is -3.10. The maximum atomic E-state index is 12.6. The molecule has 0 fully saturated rings. The van der Waals surface area contributed by atoms with Gasteiger partial charge < -0.3 is 15.4 Å². The van der Waals surface area contributed by atoms with Crippen LogP contribution in [0.5, 0.6) is 0 Å². The van der Waals surface area contributed by atoms with Crippen molar-refractivity contribution in [3.8, 4) is 0 Å². The highest BCUT2D eigenvalue weighted by molar-refractivity contribution is 7.17. The SMILES string of the molecule is CCOC(=O)c1c(NC(=O)c2ccc(NC(=O)C(F)(F)F)cc2)sc2c1CCCC2. The van der Waals surface area contributed by atoms with Gasteiger partial charge in [0.25, 0.3) is 5.91 Å². The molecule has 1 heterocycles. The first-order chi connectivity index (χ1) is 14.2. The third kappa shape index (κ3) is 4.81. The number of fused-ring (bicyclic) bond motifs is 1. The number of thiophene rings is 1. The van der Waals surface area contributed by atoms with Gasteiger partial charge in [-0.2, -0.15) is 13.2 Å². The van der Waals surface area contributed by atoms with Crippen molar-refractivity contribution in [2.24, 2.45) is 0 Å². The van der Waals surface area contributed by atoms with Gasteiger partial charge >= 0.3 is 18.1 Å². The van der Waals surface area contributed by atoms with Gasteiger partial charge in [0.1, 0.15) is 5.00 Å². The van der Waals surface area contributed by atoms with Crippen molar-refractivity contribution >= 4 is 39.8 Å². The van der Waals surface area contributed by atoms with Crippen LogP contribution in [0.15, 0.2) is 24.3 Å². The van der Waals surface area contributed by atoms with Crippen molar-refractivity contribution in [1.29, 1.82) is 0 Å². The van der Waals surface area contributed by atoms with E-state index in [1.165, 1.54) is 35.6 Å². The van der Waals surface area contributed by atoms with E-state index in [0.29, 0.717) is 10.6 Å². The van der Waals surface area contributed by atoms with Gasteiger partial charge in [-0.1, -0.05) is 0 Å². The lowest BCUT2D eigenvalue weighted by molar-refractivity contribution is -0.167. The average Bonchev–Trinajstić information content (AvgIpc) is 3.05. The molecule has 1 aliphatic carbocycles. The van der Waals surface area contributed by atoms with Crippen molar-refractivity contribution in [3.05, 3.63) is 45.8 Å². The van der Waals surface area contributed by atoms with Gasteiger partial charge in [-0.05, 0) is 62.4 Å². The van der Waals surface area contributed by atoms with Gasteiger partial charge in [-0.15, -0.1) is 11.3 Å². The number of hydrogen-bond donors (Lipinski definition) is 2. The molecule has 0 aliphatic heterocycles. The van der Waals surface area contributed by atoms with E-state index in [-0.39, 0.29) is 17.9 Å². The van der Waals surface area contributed by atoms with Crippen LogP contribution >= 0.6 is 11.3 Å². The molecule has 2 N–H and O–H groups in total. The summed E-state index contributed by atoms with van der Waals surface area (Å²) in [5, 5.41) is 4.84. The Morgan fingerprint density at radius 2 is 1.73 bits per heavy atom. The molecule has 2 aromatic rings. The monoisotopic (exact) mass is 440 g/mol. The predicted octanol–water partition coefficient (Wildman–Crippen LogP) is 4.56. The lowest BCUT2D eigenvalue weighted by atomic mass is 9.95. The molecule has 0 bridgehead atoms. The summed E-state index contributed by atoms with van der Waals surface area (Å²) in [7, 11) is 0. The van der Waals surface area contributed by atoms with E-state index in [2.05, 4.69) is 5.32 Å². The first-order valence-corrected chi connectivity index (χ1v) is 10.1. The quantitative estimate of drug-likeness (QED) is 0.668. The highest BCUT2D eigenvalue weighted by atomic mass is 32.1. The van der Waals surface area contributed by atoms with Crippen LogP contribution < -0.4 is 10.6 Å². The van der Waals surface area contributed by atoms with Crippen molar-refractivity contribution < 1.29 is 32.3 Å². The zero-order valence-electron chi connectivity index (χ0n) is 16.0. The summed E-state index contributed by atoms with van der Waals surface area (Å²) >= 11 is 1.34. The summed E-state index contributed by atoms with van der Waals surface area (Å²) in [6, 6.07) is 4.98. The summed E-state index contributed by atoms with van der Waals surface area (Å²) in [6.07, 6.45) is -1.47. The van der Waals surface area contributed by atoms with Crippen molar-refractivity contribution in [3.63, 3.8) is 0 Å². The number of benzene rings is 1. The normalized spacial score (nSPS) is 13.3. The molecule has 3 rings (SSSR count). The minimum absolute atomic E-state index is 0.0901. The number of ether oxygens (including phenoxy) is 1. The van der Waals surface area contributed by atoms with E-state index in [0.717, 1.165) is 36.1 Å². The summed E-state index contributed by atoms with van der Waals surface area (Å²) in [5.41, 5.74) is 1.36. The van der Waals surface area contributed by atoms with Crippen LogP contribution in [0.2, 0.25) is 0 Å². The summed E-state index contributed by atoms with van der Waals surface area (Å²) in [4.78, 5) is 37.1. The third-order valence-electron chi connectivity index (χ3n) is 4.54. The summed E-state index contributed by atoms with van der Waals surface area (Å²) < 4.78 is 42.1. The van der Waals surface area contributed by atoms with Crippen molar-refractivity contribution in [1.82, 2.24) is 0 Å². The van der Waals surface area contributed by atoms with E-state index in [4.69, 9.17) is 4.74 Å². The van der Waals surface area contributed by atoms with E-state index >= 15 is 0 Å². The van der Waals surface area contributed by atoms with Gasteiger partial charge in [0, 0.05) is 16.1 Å². The number of amides is 2. The Morgan fingerprint density at radius 1 is 1.07 bits per heavy atom. The fraction of sp³-hybridized carbons (Fsp3) is 0.350. The zero-order chi connectivity index (χ0) is 21.9. The molecule has 0 radical (unpaired) electrons. The molecule has 0 saturated heterocycles. The van der Waals surface area contributed by atoms with Crippen LogP contribution in [0.25, 0.3) is 0 Å². The van der Waals surface area contributed by atoms with Crippen LogP contribution in [-0.2, 0) is 22.4 Å². The minimum Gasteiger partial charge on any atom is -0.462 e. The second-order valence-electron chi connectivity index (χ2n) is 6.62. The Morgan fingerprint density at radius 3 is 2.37 bits per heavy atom. The Labute approximate surface area is 174 Å². The van der Waals surface area contributed by atoms with E-state index < -0.39 is 24.0 Å². The smallest absolute Gasteiger partial charge is 0.462 e. The molecular formula is C20H19F3N2O4S. The van der Waals surface area contributed by atoms with Gasteiger partial charge in [-0.25, -0.2) is 4.79 Å². The Bertz CT molecular complexity index is 968. The zero-order valence-corrected chi connectivity index (χ0v) is 16.8. The Kier molecular flexibility index (Phi) is 6.45. The first-order valence-electron chi connectivity index (χ1n) is 9.32. The topological polar surface area (TPSA) is 84.5 Å². The molecule has 2 amide bonds. The first kappa shape index (κ1) is 21.8. The number of alkyl halides is 3. The van der Waals surface area contributed by atoms with E-state index in [1.54, 1.807) is 12.2 Å². The van der Waals surface area contributed by atoms with E-state index in [9.17, 15) is 27.6 Å². The maximum absolute atomic E-state index is 12.6. The predicted molar refractivity (Wildman–Crippen MR) is 106 cm³/mol. The fourth-order valence-corrected chi connectivity index (χ4v) is 4.43. The number of anilines is 2. The average molecular weight is 440 g/mol. The van der Waals surface area contributed by atoms with Crippen molar-refractivity contribution in [2.75, 3.05) is 17.2 Å².